The van der Waals surface area contributed by atoms with Gasteiger partial charge in [0.25, 0.3) is 0 Å². The van der Waals surface area contributed by atoms with Gasteiger partial charge in [-0.05, 0) is 30.5 Å². The first-order valence-corrected chi connectivity index (χ1v) is 5.83. The molecular formula is C14H18O4. The highest BCUT2D eigenvalue weighted by atomic mass is 16.5. The van der Waals surface area contributed by atoms with Gasteiger partial charge < -0.3 is 14.6 Å². The molecule has 1 aromatic rings. The van der Waals surface area contributed by atoms with E-state index in [9.17, 15) is 4.79 Å². The van der Waals surface area contributed by atoms with Gasteiger partial charge >= 0.3 is 5.97 Å². The van der Waals surface area contributed by atoms with E-state index >= 15 is 0 Å². The number of ether oxygens (including phenoxy) is 2. The van der Waals surface area contributed by atoms with Gasteiger partial charge in [-0.15, -0.1) is 0 Å². The van der Waals surface area contributed by atoms with Crippen LogP contribution in [-0.4, -0.2) is 31.4 Å². The fourth-order valence-electron chi connectivity index (χ4n) is 1.58. The Bertz CT molecular complexity index is 424. The second-order valence-electron chi connectivity index (χ2n) is 3.66. The minimum absolute atomic E-state index is 0.0705. The van der Waals surface area contributed by atoms with Gasteiger partial charge in [-0.1, -0.05) is 24.3 Å². The van der Waals surface area contributed by atoms with E-state index in [4.69, 9.17) is 14.6 Å². The zero-order valence-corrected chi connectivity index (χ0v) is 10.7. The molecule has 0 bridgehead atoms. The maximum atomic E-state index is 10.9. The van der Waals surface area contributed by atoms with E-state index in [1.54, 1.807) is 0 Å². The molecular weight excluding hydrogens is 232 g/mol. The summed E-state index contributed by atoms with van der Waals surface area (Å²) in [6.07, 6.45) is 2.28. The van der Waals surface area contributed by atoms with Crippen molar-refractivity contribution in [3.05, 3.63) is 41.2 Å². The Labute approximate surface area is 107 Å². The molecule has 0 aliphatic rings. The number of benzene rings is 1. The average Bonchev–Trinajstić information content (AvgIpc) is 2.37. The van der Waals surface area contributed by atoms with Gasteiger partial charge in [0, 0.05) is 6.61 Å². The number of hydrogen-bond acceptors (Lipinski definition) is 3. The third-order valence-corrected chi connectivity index (χ3v) is 2.49. The summed E-state index contributed by atoms with van der Waals surface area (Å²) in [7, 11) is 1.35. The summed E-state index contributed by atoms with van der Waals surface area (Å²) in [4.78, 5) is 10.9. The zero-order valence-electron chi connectivity index (χ0n) is 10.7. The molecule has 1 rings (SSSR count). The van der Waals surface area contributed by atoms with Crippen LogP contribution in [0.15, 0.2) is 30.0 Å². The highest BCUT2D eigenvalue weighted by Crippen LogP contribution is 2.14. The molecule has 0 spiro atoms. The molecule has 0 saturated carbocycles. The van der Waals surface area contributed by atoms with Crippen LogP contribution in [0.5, 0.6) is 0 Å². The third kappa shape index (κ3) is 4.22. The normalized spacial score (nSPS) is 11.3. The second-order valence-corrected chi connectivity index (χ2v) is 3.66. The predicted molar refractivity (Wildman–Crippen MR) is 69.3 cm³/mol. The van der Waals surface area contributed by atoms with Crippen LogP contribution in [0, 0.1) is 0 Å². The summed E-state index contributed by atoms with van der Waals surface area (Å²) in [5, 5.41) is 8.92. The summed E-state index contributed by atoms with van der Waals surface area (Å²) >= 11 is 0. The fraction of sp³-hybridized carbons (Fsp3) is 0.357. The lowest BCUT2D eigenvalue weighted by molar-refractivity contribution is -0.135. The Hall–Kier alpha value is -1.81. The van der Waals surface area contributed by atoms with E-state index in [0.717, 1.165) is 17.5 Å². The van der Waals surface area contributed by atoms with Gasteiger partial charge in [0.15, 0.2) is 0 Å². The van der Waals surface area contributed by atoms with Gasteiger partial charge in [0.05, 0.1) is 13.7 Å². The third-order valence-electron chi connectivity index (χ3n) is 2.49. The minimum Gasteiger partial charge on any atom is -0.490 e. The molecule has 98 valence electrons. The van der Waals surface area contributed by atoms with Crippen LogP contribution in [0.1, 0.15) is 18.1 Å². The molecule has 0 unspecified atom stereocenters. The summed E-state index contributed by atoms with van der Waals surface area (Å²) in [6, 6.07) is 7.61. The molecule has 0 saturated heterocycles. The molecule has 1 aromatic carbocycles. The highest BCUT2D eigenvalue weighted by Gasteiger charge is 2.08. The lowest BCUT2D eigenvalue weighted by Crippen LogP contribution is -2.04. The Morgan fingerprint density at radius 3 is 2.72 bits per heavy atom. The van der Waals surface area contributed by atoms with Crippen LogP contribution in [0.2, 0.25) is 0 Å². The van der Waals surface area contributed by atoms with Crippen molar-refractivity contribution in [1.82, 2.24) is 0 Å². The molecule has 0 aromatic heterocycles. The SMILES string of the molecule is CCOCCc1ccccc1C=C(OC)C(=O)O. The van der Waals surface area contributed by atoms with E-state index in [-0.39, 0.29) is 5.76 Å². The Morgan fingerprint density at radius 2 is 2.11 bits per heavy atom. The van der Waals surface area contributed by atoms with Gasteiger partial charge in [-0.3, -0.25) is 0 Å². The summed E-state index contributed by atoms with van der Waals surface area (Å²) < 4.78 is 10.1. The molecule has 4 nitrogen and oxygen atoms in total. The van der Waals surface area contributed by atoms with Crippen LogP contribution >= 0.6 is 0 Å². The Morgan fingerprint density at radius 1 is 1.39 bits per heavy atom. The van der Waals surface area contributed by atoms with E-state index in [1.807, 2.05) is 31.2 Å². The van der Waals surface area contributed by atoms with Gasteiger partial charge in [0.2, 0.25) is 5.76 Å². The van der Waals surface area contributed by atoms with Crippen LogP contribution in [0.4, 0.5) is 0 Å². The smallest absolute Gasteiger partial charge is 0.371 e. The maximum absolute atomic E-state index is 10.9. The van der Waals surface area contributed by atoms with Crippen molar-refractivity contribution in [2.75, 3.05) is 20.3 Å². The number of aliphatic carboxylic acids is 1. The first kappa shape index (κ1) is 14.3. The van der Waals surface area contributed by atoms with E-state index in [1.165, 1.54) is 13.2 Å². The molecule has 4 heteroatoms. The van der Waals surface area contributed by atoms with Crippen molar-refractivity contribution in [3.63, 3.8) is 0 Å². The standard InChI is InChI=1S/C14H18O4/c1-3-18-9-8-11-6-4-5-7-12(11)10-13(17-2)14(15)16/h4-7,10H,3,8-9H2,1-2H3,(H,15,16). The summed E-state index contributed by atoms with van der Waals surface area (Å²) in [6.45, 7) is 3.24. The molecule has 0 amide bonds. The molecule has 0 aliphatic heterocycles. The van der Waals surface area contributed by atoms with Crippen molar-refractivity contribution < 1.29 is 19.4 Å². The Kier molecular flexibility index (Phi) is 5.94. The topological polar surface area (TPSA) is 55.8 Å². The molecule has 0 radical (unpaired) electrons. The first-order chi connectivity index (χ1) is 8.69. The number of carboxylic acid groups (broad SMARTS) is 1. The summed E-state index contributed by atoms with van der Waals surface area (Å²) in [5.41, 5.74) is 1.89. The number of carbonyl (C=O) groups is 1. The van der Waals surface area contributed by atoms with Gasteiger partial charge in [0.1, 0.15) is 0 Å². The average molecular weight is 250 g/mol. The lowest BCUT2D eigenvalue weighted by atomic mass is 10.0. The second kappa shape index (κ2) is 7.50. The number of carboxylic acids is 1. The molecule has 0 fully saturated rings. The number of rotatable bonds is 7. The molecule has 0 heterocycles. The van der Waals surface area contributed by atoms with Gasteiger partial charge in [-0.25, -0.2) is 4.79 Å². The van der Waals surface area contributed by atoms with Crippen LogP contribution in [0.25, 0.3) is 6.08 Å². The van der Waals surface area contributed by atoms with E-state index in [0.29, 0.717) is 13.2 Å². The zero-order chi connectivity index (χ0) is 13.4. The summed E-state index contributed by atoms with van der Waals surface area (Å²) in [5.74, 6) is -1.14. The quantitative estimate of drug-likeness (QED) is 0.458. The highest BCUT2D eigenvalue weighted by molar-refractivity contribution is 5.90. The molecule has 0 atom stereocenters. The molecule has 18 heavy (non-hydrogen) atoms. The van der Waals surface area contributed by atoms with Crippen molar-refractivity contribution in [2.45, 2.75) is 13.3 Å². The fourth-order valence-corrected chi connectivity index (χ4v) is 1.58. The predicted octanol–water partition coefficient (Wildman–Crippen LogP) is 2.34. The lowest BCUT2D eigenvalue weighted by Gasteiger charge is -2.07. The van der Waals surface area contributed by atoms with E-state index in [2.05, 4.69) is 0 Å². The van der Waals surface area contributed by atoms with Crippen molar-refractivity contribution in [1.29, 1.82) is 0 Å². The minimum atomic E-state index is -1.07. The van der Waals surface area contributed by atoms with Crippen molar-refractivity contribution >= 4 is 12.0 Å². The maximum Gasteiger partial charge on any atom is 0.371 e. The molecule has 1 N–H and O–H groups in total. The molecule has 0 aliphatic carbocycles. The van der Waals surface area contributed by atoms with Crippen molar-refractivity contribution in [3.8, 4) is 0 Å². The van der Waals surface area contributed by atoms with Crippen LogP contribution in [0.3, 0.4) is 0 Å². The van der Waals surface area contributed by atoms with Crippen LogP contribution in [-0.2, 0) is 20.7 Å². The number of hydrogen-bond donors (Lipinski definition) is 1. The van der Waals surface area contributed by atoms with E-state index < -0.39 is 5.97 Å². The monoisotopic (exact) mass is 250 g/mol. The van der Waals surface area contributed by atoms with Gasteiger partial charge in [-0.2, -0.15) is 0 Å². The largest absolute Gasteiger partial charge is 0.490 e. The van der Waals surface area contributed by atoms with Crippen molar-refractivity contribution in [2.24, 2.45) is 0 Å². The number of methoxy groups -OCH3 is 1. The first-order valence-electron chi connectivity index (χ1n) is 5.83. The van der Waals surface area contributed by atoms with Crippen LogP contribution < -0.4 is 0 Å². The Balaban J connectivity index is 2.90.